The van der Waals surface area contributed by atoms with Crippen LogP contribution < -0.4 is 14.8 Å². The Morgan fingerprint density at radius 3 is 2.19 bits per heavy atom. The maximum atomic E-state index is 13.3. The summed E-state index contributed by atoms with van der Waals surface area (Å²) in [7, 11) is 3.05. The van der Waals surface area contributed by atoms with Crippen molar-refractivity contribution in [2.45, 2.75) is 6.54 Å². The molecule has 1 aliphatic rings. The van der Waals surface area contributed by atoms with E-state index in [0.717, 1.165) is 4.90 Å². The summed E-state index contributed by atoms with van der Waals surface area (Å²) in [6, 6.07) is 19.8. The molecule has 0 spiro atoms. The number of carbonyl (C=O) groups excluding carboxylic acids is 2. The summed E-state index contributed by atoms with van der Waals surface area (Å²) in [6.45, 7) is 0.0331. The van der Waals surface area contributed by atoms with E-state index in [4.69, 9.17) is 9.47 Å². The Morgan fingerprint density at radius 1 is 0.844 bits per heavy atom. The maximum Gasteiger partial charge on any atom is 0.278 e. The molecule has 0 unspecified atom stereocenters. The minimum atomic E-state index is -0.465. The highest BCUT2D eigenvalue weighted by Gasteiger charge is 2.39. The minimum absolute atomic E-state index is 0.0331. The van der Waals surface area contributed by atoms with Gasteiger partial charge >= 0.3 is 0 Å². The second-order valence-corrected chi connectivity index (χ2v) is 7.13. The van der Waals surface area contributed by atoms with E-state index < -0.39 is 11.8 Å². The molecule has 0 fully saturated rings. The van der Waals surface area contributed by atoms with Gasteiger partial charge in [-0.1, -0.05) is 42.5 Å². The van der Waals surface area contributed by atoms with Gasteiger partial charge in [0, 0.05) is 11.8 Å². The first kappa shape index (κ1) is 21.1. The van der Waals surface area contributed by atoms with Crippen molar-refractivity contribution in [3.8, 4) is 11.5 Å². The van der Waals surface area contributed by atoms with Crippen molar-refractivity contribution < 1.29 is 23.5 Å². The van der Waals surface area contributed by atoms with Gasteiger partial charge in [-0.05, 0) is 35.4 Å². The Hall–Kier alpha value is -4.13. The Morgan fingerprint density at radius 2 is 1.53 bits per heavy atom. The lowest BCUT2D eigenvalue weighted by Crippen LogP contribution is -2.32. The van der Waals surface area contributed by atoms with E-state index >= 15 is 0 Å². The zero-order valence-corrected chi connectivity index (χ0v) is 17.6. The molecule has 162 valence electrons. The lowest BCUT2D eigenvalue weighted by atomic mass is 10.0. The van der Waals surface area contributed by atoms with Crippen LogP contribution in [0.15, 0.2) is 78.5 Å². The van der Waals surface area contributed by atoms with Crippen molar-refractivity contribution in [2.24, 2.45) is 0 Å². The average molecular weight is 432 g/mol. The van der Waals surface area contributed by atoms with Crippen LogP contribution in [0.25, 0.3) is 5.57 Å². The topological polar surface area (TPSA) is 67.9 Å². The molecule has 1 heterocycles. The third-order valence-electron chi connectivity index (χ3n) is 5.14. The number of amides is 2. The highest BCUT2D eigenvalue weighted by molar-refractivity contribution is 6.36. The number of hydrogen-bond acceptors (Lipinski definition) is 5. The van der Waals surface area contributed by atoms with Crippen LogP contribution >= 0.6 is 0 Å². The molecule has 32 heavy (non-hydrogen) atoms. The molecule has 0 radical (unpaired) electrons. The second kappa shape index (κ2) is 8.93. The van der Waals surface area contributed by atoms with Gasteiger partial charge in [0.05, 0.1) is 26.3 Å². The minimum Gasteiger partial charge on any atom is -0.493 e. The standard InChI is InChI=1S/C25H21FN2O4/c1-31-20-13-12-19(14-21(20)32-2)27-23-22(17-6-4-3-5-7-17)24(29)28(25(23)30)15-16-8-10-18(26)11-9-16/h3-14,27H,15H2,1-2H3. The van der Waals surface area contributed by atoms with E-state index in [1.807, 2.05) is 6.07 Å². The molecule has 6 nitrogen and oxygen atoms in total. The molecule has 7 heteroatoms. The van der Waals surface area contributed by atoms with Crippen LogP contribution in [0.3, 0.4) is 0 Å². The summed E-state index contributed by atoms with van der Waals surface area (Å²) in [6.07, 6.45) is 0. The third kappa shape index (κ3) is 4.05. The lowest BCUT2D eigenvalue weighted by molar-refractivity contribution is -0.137. The Labute approximate surface area is 184 Å². The normalized spacial score (nSPS) is 13.5. The molecular formula is C25H21FN2O4. The molecular weight excluding hydrogens is 411 g/mol. The summed E-state index contributed by atoms with van der Waals surface area (Å²) in [5.41, 5.74) is 2.27. The molecule has 0 saturated heterocycles. The quantitative estimate of drug-likeness (QED) is 0.566. The molecule has 3 aromatic carbocycles. The van der Waals surface area contributed by atoms with Gasteiger partial charge in [-0.15, -0.1) is 0 Å². The Bertz CT molecular complexity index is 1190. The highest BCUT2D eigenvalue weighted by atomic mass is 19.1. The molecule has 0 atom stereocenters. The molecule has 0 aliphatic carbocycles. The monoisotopic (exact) mass is 432 g/mol. The van der Waals surface area contributed by atoms with E-state index in [0.29, 0.717) is 28.3 Å². The van der Waals surface area contributed by atoms with E-state index in [1.165, 1.54) is 26.4 Å². The molecule has 0 bridgehead atoms. The number of nitrogens with one attached hydrogen (secondary N) is 1. The van der Waals surface area contributed by atoms with Gasteiger partial charge < -0.3 is 14.8 Å². The van der Waals surface area contributed by atoms with Gasteiger partial charge in [0.2, 0.25) is 0 Å². The number of hydrogen-bond donors (Lipinski definition) is 1. The summed E-state index contributed by atoms with van der Waals surface area (Å²) in [5.74, 6) is -0.241. The zero-order chi connectivity index (χ0) is 22.7. The molecule has 2 amide bonds. The second-order valence-electron chi connectivity index (χ2n) is 7.13. The van der Waals surface area contributed by atoms with Crippen molar-refractivity contribution in [1.29, 1.82) is 0 Å². The van der Waals surface area contributed by atoms with Crippen LogP contribution in [0.4, 0.5) is 10.1 Å². The van der Waals surface area contributed by atoms with Crippen LogP contribution in [0.2, 0.25) is 0 Å². The lowest BCUT2D eigenvalue weighted by Gasteiger charge is -2.16. The number of carbonyl (C=O) groups is 2. The number of benzene rings is 3. The van der Waals surface area contributed by atoms with Crippen LogP contribution in [0, 0.1) is 5.82 Å². The molecule has 0 aromatic heterocycles. The third-order valence-corrected chi connectivity index (χ3v) is 5.14. The van der Waals surface area contributed by atoms with E-state index in [2.05, 4.69) is 5.32 Å². The summed E-state index contributed by atoms with van der Waals surface area (Å²) < 4.78 is 23.9. The number of methoxy groups -OCH3 is 2. The Balaban J connectivity index is 1.72. The molecule has 1 aliphatic heterocycles. The number of anilines is 1. The van der Waals surface area contributed by atoms with E-state index in [-0.39, 0.29) is 23.6 Å². The maximum absolute atomic E-state index is 13.3. The smallest absolute Gasteiger partial charge is 0.278 e. The van der Waals surface area contributed by atoms with E-state index in [1.54, 1.807) is 54.6 Å². The largest absolute Gasteiger partial charge is 0.493 e. The molecule has 1 N–H and O–H groups in total. The molecule has 4 rings (SSSR count). The SMILES string of the molecule is COc1ccc(NC2=C(c3ccccc3)C(=O)N(Cc3ccc(F)cc3)C2=O)cc1OC. The van der Waals surface area contributed by atoms with Crippen molar-refractivity contribution in [2.75, 3.05) is 19.5 Å². The molecule has 0 saturated carbocycles. The van der Waals surface area contributed by atoms with Gasteiger partial charge in [0.15, 0.2) is 11.5 Å². The summed E-state index contributed by atoms with van der Waals surface area (Å²) in [5, 5.41) is 3.09. The zero-order valence-electron chi connectivity index (χ0n) is 17.6. The van der Waals surface area contributed by atoms with Crippen molar-refractivity contribution in [1.82, 2.24) is 4.90 Å². The van der Waals surface area contributed by atoms with Gasteiger partial charge in [0.1, 0.15) is 11.5 Å². The average Bonchev–Trinajstić information content (AvgIpc) is 3.05. The van der Waals surface area contributed by atoms with Crippen LogP contribution in [0.5, 0.6) is 11.5 Å². The fraction of sp³-hybridized carbons (Fsp3) is 0.120. The van der Waals surface area contributed by atoms with Crippen LogP contribution in [-0.2, 0) is 16.1 Å². The van der Waals surface area contributed by atoms with Crippen LogP contribution in [0.1, 0.15) is 11.1 Å². The van der Waals surface area contributed by atoms with Crippen molar-refractivity contribution >= 4 is 23.1 Å². The van der Waals surface area contributed by atoms with E-state index in [9.17, 15) is 14.0 Å². The molecule has 3 aromatic rings. The van der Waals surface area contributed by atoms with Crippen molar-refractivity contribution in [3.63, 3.8) is 0 Å². The predicted molar refractivity (Wildman–Crippen MR) is 118 cm³/mol. The number of halogens is 1. The Kier molecular flexibility index (Phi) is 5.89. The summed E-state index contributed by atoms with van der Waals surface area (Å²) >= 11 is 0. The van der Waals surface area contributed by atoms with Crippen LogP contribution in [-0.4, -0.2) is 30.9 Å². The number of ether oxygens (including phenoxy) is 2. The van der Waals surface area contributed by atoms with Crippen molar-refractivity contribution in [3.05, 3.63) is 95.4 Å². The van der Waals surface area contributed by atoms with Gasteiger partial charge in [-0.3, -0.25) is 14.5 Å². The van der Waals surface area contributed by atoms with Gasteiger partial charge in [0.25, 0.3) is 11.8 Å². The first-order valence-corrected chi connectivity index (χ1v) is 9.91. The summed E-state index contributed by atoms with van der Waals surface area (Å²) in [4.78, 5) is 27.8. The number of rotatable bonds is 7. The van der Waals surface area contributed by atoms with Gasteiger partial charge in [-0.2, -0.15) is 0 Å². The number of nitrogens with zero attached hydrogens (tertiary/aromatic N) is 1. The first-order valence-electron chi connectivity index (χ1n) is 9.91. The first-order chi connectivity index (χ1) is 15.5. The fourth-order valence-corrected chi connectivity index (χ4v) is 3.54. The predicted octanol–water partition coefficient (Wildman–Crippen LogP) is 4.24. The highest BCUT2D eigenvalue weighted by Crippen LogP contribution is 2.34. The fourth-order valence-electron chi connectivity index (χ4n) is 3.54. The number of imide groups is 1. The van der Waals surface area contributed by atoms with Gasteiger partial charge in [-0.25, -0.2) is 4.39 Å².